The Bertz CT molecular complexity index is 1470. The highest BCUT2D eigenvalue weighted by Gasteiger charge is 2.77. The van der Waals surface area contributed by atoms with E-state index >= 15 is 0 Å². The van der Waals surface area contributed by atoms with Gasteiger partial charge in [-0.05, 0) is 23.8 Å². The Morgan fingerprint density at radius 2 is 1.44 bits per heavy atom. The SMILES string of the molecule is COC1[C@@H](c2cn(S(=O)(=O)c3ccccc3)c3ccccc23)C(C#N)(C#N)C1(C#N)C#N. The van der Waals surface area contributed by atoms with Crippen molar-refractivity contribution in [3.63, 3.8) is 0 Å². The summed E-state index contributed by atoms with van der Waals surface area (Å²) in [5, 5.41) is 39.8. The maximum absolute atomic E-state index is 13.4. The number of methoxy groups -OCH3 is 1. The van der Waals surface area contributed by atoms with Gasteiger partial charge in [-0.25, -0.2) is 12.4 Å². The molecule has 9 heteroatoms. The minimum absolute atomic E-state index is 0.0689. The van der Waals surface area contributed by atoms with Gasteiger partial charge in [0, 0.05) is 24.6 Å². The number of hydrogen-bond acceptors (Lipinski definition) is 7. The number of rotatable bonds is 4. The molecule has 3 aromatic rings. The van der Waals surface area contributed by atoms with Crippen molar-refractivity contribution in [1.29, 1.82) is 21.0 Å². The molecule has 0 amide bonds. The molecule has 0 N–H and O–H groups in total. The number of ether oxygens (including phenoxy) is 1. The van der Waals surface area contributed by atoms with Crippen LogP contribution in [0.5, 0.6) is 0 Å². The summed E-state index contributed by atoms with van der Waals surface area (Å²) in [5.74, 6) is -1.01. The molecule has 1 aliphatic rings. The third-order valence-electron chi connectivity index (χ3n) is 6.12. The Labute approximate surface area is 184 Å². The molecule has 32 heavy (non-hydrogen) atoms. The lowest BCUT2D eigenvalue weighted by Gasteiger charge is -2.54. The van der Waals surface area contributed by atoms with E-state index in [1.54, 1.807) is 42.5 Å². The minimum atomic E-state index is -4.00. The molecule has 0 bridgehead atoms. The Balaban J connectivity index is 2.02. The molecule has 1 aliphatic carbocycles. The molecule has 0 saturated heterocycles. The van der Waals surface area contributed by atoms with Gasteiger partial charge in [0.1, 0.15) is 6.10 Å². The third-order valence-corrected chi connectivity index (χ3v) is 7.81. The second kappa shape index (κ2) is 7.22. The van der Waals surface area contributed by atoms with Crippen LogP contribution in [0.25, 0.3) is 10.9 Å². The lowest BCUT2D eigenvalue weighted by Crippen LogP contribution is -2.65. The number of hydrogen-bond donors (Lipinski definition) is 0. The largest absolute Gasteiger partial charge is 0.378 e. The van der Waals surface area contributed by atoms with Gasteiger partial charge in [0.2, 0.25) is 5.41 Å². The van der Waals surface area contributed by atoms with E-state index in [4.69, 9.17) is 4.74 Å². The summed E-state index contributed by atoms with van der Waals surface area (Å²) >= 11 is 0. The first kappa shape index (κ1) is 21.1. The molecular formula is C23H15N5O3S. The normalized spacial score (nSPS) is 20.8. The number of benzene rings is 2. The fourth-order valence-electron chi connectivity index (χ4n) is 4.56. The summed E-state index contributed by atoms with van der Waals surface area (Å²) in [6, 6.07) is 21.9. The van der Waals surface area contributed by atoms with Gasteiger partial charge in [0.15, 0.2) is 5.41 Å². The summed E-state index contributed by atoms with van der Waals surface area (Å²) in [6.07, 6.45) is 0.252. The average Bonchev–Trinajstić information content (AvgIpc) is 3.21. The number of nitrogens with zero attached hydrogens (tertiary/aromatic N) is 5. The standard InChI is InChI=1S/C23H15N5O3S/c1-31-21-20(22(12-24,13-25)23(21,14-26)15-27)18-11-28(19-10-6-5-9-17(18)19)32(29,30)16-7-3-2-4-8-16/h2-11,20-21H,1H3/t20-,21?/m1/s1. The molecule has 1 heterocycles. The van der Waals surface area contributed by atoms with Crippen LogP contribution in [-0.4, -0.2) is 25.6 Å². The van der Waals surface area contributed by atoms with E-state index in [-0.39, 0.29) is 4.90 Å². The van der Waals surface area contributed by atoms with Crippen LogP contribution in [0.3, 0.4) is 0 Å². The predicted molar refractivity (Wildman–Crippen MR) is 112 cm³/mol. The highest BCUT2D eigenvalue weighted by Crippen LogP contribution is 2.66. The number of nitriles is 4. The van der Waals surface area contributed by atoms with E-state index in [0.717, 1.165) is 3.97 Å². The third kappa shape index (κ3) is 2.38. The van der Waals surface area contributed by atoms with E-state index in [0.29, 0.717) is 16.5 Å². The van der Waals surface area contributed by atoms with Gasteiger partial charge in [0.05, 0.1) is 34.7 Å². The Hall–Kier alpha value is -4.15. The molecule has 2 atom stereocenters. The summed E-state index contributed by atoms with van der Waals surface area (Å²) < 4.78 is 33.3. The summed E-state index contributed by atoms with van der Waals surface area (Å²) in [6.45, 7) is 0. The van der Waals surface area contributed by atoms with Crippen molar-refractivity contribution in [2.45, 2.75) is 16.9 Å². The van der Waals surface area contributed by atoms with Crippen molar-refractivity contribution in [2.75, 3.05) is 7.11 Å². The van der Waals surface area contributed by atoms with E-state index in [1.165, 1.54) is 25.4 Å². The molecule has 1 saturated carbocycles. The molecule has 0 radical (unpaired) electrons. The van der Waals surface area contributed by atoms with Crippen molar-refractivity contribution in [3.8, 4) is 24.3 Å². The molecule has 4 rings (SSSR count). The van der Waals surface area contributed by atoms with Crippen LogP contribution < -0.4 is 0 Å². The molecule has 1 aromatic heterocycles. The molecule has 1 unspecified atom stereocenters. The second-order valence-corrected chi connectivity index (χ2v) is 9.23. The van der Waals surface area contributed by atoms with E-state index in [1.807, 2.05) is 24.3 Å². The molecule has 0 spiro atoms. The van der Waals surface area contributed by atoms with Gasteiger partial charge >= 0.3 is 0 Å². The summed E-state index contributed by atoms with van der Waals surface area (Å²) in [5.41, 5.74) is -3.37. The van der Waals surface area contributed by atoms with Gasteiger partial charge in [-0.3, -0.25) is 0 Å². The first-order valence-corrected chi connectivity index (χ1v) is 10.9. The van der Waals surface area contributed by atoms with Gasteiger partial charge < -0.3 is 4.74 Å². The summed E-state index contributed by atoms with van der Waals surface area (Å²) in [7, 11) is -2.71. The Morgan fingerprint density at radius 1 is 0.875 bits per heavy atom. The fraction of sp³-hybridized carbons (Fsp3) is 0.217. The van der Waals surface area contributed by atoms with Gasteiger partial charge in [0.25, 0.3) is 10.0 Å². The summed E-state index contributed by atoms with van der Waals surface area (Å²) in [4.78, 5) is 0.0689. The van der Waals surface area contributed by atoms with Crippen molar-refractivity contribution in [1.82, 2.24) is 3.97 Å². The number of fused-ring (bicyclic) bond motifs is 1. The average molecular weight is 441 g/mol. The quantitative estimate of drug-likeness (QED) is 0.605. The molecular weight excluding hydrogens is 426 g/mol. The molecule has 1 fully saturated rings. The molecule has 2 aromatic carbocycles. The highest BCUT2D eigenvalue weighted by molar-refractivity contribution is 7.90. The Kier molecular flexibility index (Phi) is 4.76. The first-order valence-electron chi connectivity index (χ1n) is 9.47. The topological polar surface area (TPSA) is 143 Å². The molecule has 8 nitrogen and oxygen atoms in total. The minimum Gasteiger partial charge on any atom is -0.378 e. The van der Waals surface area contributed by atoms with E-state index in [2.05, 4.69) is 0 Å². The Morgan fingerprint density at radius 3 is 2.00 bits per heavy atom. The van der Waals surface area contributed by atoms with Crippen molar-refractivity contribution < 1.29 is 13.2 Å². The zero-order chi connectivity index (χ0) is 23.1. The van der Waals surface area contributed by atoms with Crippen molar-refractivity contribution in [3.05, 3.63) is 66.4 Å². The zero-order valence-corrected chi connectivity index (χ0v) is 17.6. The predicted octanol–water partition coefficient (Wildman–Crippen LogP) is 3.06. The van der Waals surface area contributed by atoms with Crippen LogP contribution in [0.4, 0.5) is 0 Å². The maximum atomic E-state index is 13.4. The first-order chi connectivity index (χ1) is 15.4. The van der Waals surface area contributed by atoms with Crippen LogP contribution >= 0.6 is 0 Å². The van der Waals surface area contributed by atoms with Gasteiger partial charge in [-0.1, -0.05) is 36.4 Å². The number of para-hydroxylation sites is 1. The lowest BCUT2D eigenvalue weighted by molar-refractivity contribution is -0.111. The van der Waals surface area contributed by atoms with Crippen molar-refractivity contribution >= 4 is 20.9 Å². The maximum Gasteiger partial charge on any atom is 0.268 e. The van der Waals surface area contributed by atoms with E-state index < -0.39 is 32.9 Å². The van der Waals surface area contributed by atoms with Crippen LogP contribution in [0, 0.1) is 56.2 Å². The highest BCUT2D eigenvalue weighted by atomic mass is 32.2. The smallest absolute Gasteiger partial charge is 0.268 e. The molecule has 156 valence electrons. The van der Waals surface area contributed by atoms with Crippen LogP contribution in [0.2, 0.25) is 0 Å². The van der Waals surface area contributed by atoms with Crippen molar-refractivity contribution in [2.24, 2.45) is 10.8 Å². The second-order valence-electron chi connectivity index (χ2n) is 7.41. The van der Waals surface area contributed by atoms with Crippen LogP contribution in [0.15, 0.2) is 65.7 Å². The lowest BCUT2D eigenvalue weighted by atomic mass is 9.42. The van der Waals surface area contributed by atoms with Crippen LogP contribution in [-0.2, 0) is 14.8 Å². The monoisotopic (exact) mass is 441 g/mol. The fourth-order valence-corrected chi connectivity index (χ4v) is 5.96. The number of aromatic nitrogens is 1. The zero-order valence-electron chi connectivity index (χ0n) is 16.8. The van der Waals surface area contributed by atoms with Crippen LogP contribution in [0.1, 0.15) is 11.5 Å². The van der Waals surface area contributed by atoms with Gasteiger partial charge in [-0.2, -0.15) is 21.0 Å². The molecule has 0 aliphatic heterocycles. The van der Waals surface area contributed by atoms with E-state index in [9.17, 15) is 29.5 Å². The van der Waals surface area contributed by atoms with Gasteiger partial charge in [-0.15, -0.1) is 0 Å².